The van der Waals surface area contributed by atoms with Crippen LogP contribution in [0.5, 0.6) is 0 Å². The quantitative estimate of drug-likeness (QED) is 0.596. The highest BCUT2D eigenvalue weighted by Crippen LogP contribution is 2.34. The summed E-state index contributed by atoms with van der Waals surface area (Å²) in [6.45, 7) is 7.82. The minimum absolute atomic E-state index is 0. The molecule has 1 saturated heterocycles. The van der Waals surface area contributed by atoms with Crippen LogP contribution in [0.3, 0.4) is 0 Å². The number of nitrogens with one attached hydrogen (secondary N) is 1. The van der Waals surface area contributed by atoms with Crippen LogP contribution in [0.25, 0.3) is 0 Å². The van der Waals surface area contributed by atoms with Crippen molar-refractivity contribution < 1.29 is 9.53 Å². The molecule has 1 heterocycles. The molecule has 0 spiro atoms. The molecule has 1 N–H and O–H groups in total. The third-order valence-electron chi connectivity index (χ3n) is 2.80. The molecule has 3 nitrogen and oxygen atoms in total. The van der Waals surface area contributed by atoms with Gasteiger partial charge in [0.05, 0.1) is 12.0 Å². The first kappa shape index (κ1) is 14.5. The maximum Gasteiger partial charge on any atom is 0.312 e. The average Bonchev–Trinajstić information content (AvgIpc) is 2.20. The van der Waals surface area contributed by atoms with Crippen LogP contribution in [0.1, 0.15) is 26.2 Å². The van der Waals surface area contributed by atoms with Crippen molar-refractivity contribution >= 4 is 18.4 Å². The largest absolute Gasteiger partial charge is 0.466 e. The van der Waals surface area contributed by atoms with Gasteiger partial charge in [0, 0.05) is 0 Å². The summed E-state index contributed by atoms with van der Waals surface area (Å²) in [6, 6.07) is 0. The summed E-state index contributed by atoms with van der Waals surface area (Å²) in [7, 11) is 0. The van der Waals surface area contributed by atoms with Gasteiger partial charge in [0.15, 0.2) is 0 Å². The molecule has 0 radical (unpaired) electrons. The number of halogens is 1. The van der Waals surface area contributed by atoms with Crippen LogP contribution in [-0.4, -0.2) is 25.7 Å². The molecular formula is C11H20ClNO2. The molecule has 0 bridgehead atoms. The highest BCUT2D eigenvalue weighted by Gasteiger charge is 2.39. The number of esters is 1. The monoisotopic (exact) mass is 233 g/mol. The highest BCUT2D eigenvalue weighted by atomic mass is 35.5. The Balaban J connectivity index is 0.00000196. The standard InChI is InChI=1S/C11H19NO2.ClH/c1-3-5-11(10(13)14-4-2)6-8-12-9-7-11;/h3,12H,1,4-9H2,2H3;1H. The molecule has 0 unspecified atom stereocenters. The predicted molar refractivity (Wildman–Crippen MR) is 63.2 cm³/mol. The van der Waals surface area contributed by atoms with Gasteiger partial charge in [-0.05, 0) is 39.3 Å². The Morgan fingerprint density at radius 1 is 1.53 bits per heavy atom. The van der Waals surface area contributed by atoms with Gasteiger partial charge in [0.1, 0.15) is 0 Å². The number of hydrogen-bond acceptors (Lipinski definition) is 3. The van der Waals surface area contributed by atoms with Gasteiger partial charge >= 0.3 is 5.97 Å². The predicted octanol–water partition coefficient (Wildman–Crippen LogP) is 1.92. The summed E-state index contributed by atoms with van der Waals surface area (Å²) in [5.74, 6) is -0.0543. The van der Waals surface area contributed by atoms with Gasteiger partial charge in [-0.3, -0.25) is 4.79 Å². The van der Waals surface area contributed by atoms with Crippen molar-refractivity contribution in [3.8, 4) is 0 Å². The van der Waals surface area contributed by atoms with E-state index in [2.05, 4.69) is 11.9 Å². The van der Waals surface area contributed by atoms with Crippen LogP contribution in [-0.2, 0) is 9.53 Å². The van der Waals surface area contributed by atoms with Crippen molar-refractivity contribution in [1.29, 1.82) is 0 Å². The van der Waals surface area contributed by atoms with E-state index in [9.17, 15) is 4.79 Å². The smallest absolute Gasteiger partial charge is 0.312 e. The molecular weight excluding hydrogens is 214 g/mol. The fourth-order valence-electron chi connectivity index (χ4n) is 1.96. The third-order valence-corrected chi connectivity index (χ3v) is 2.80. The molecule has 1 aliphatic heterocycles. The SMILES string of the molecule is C=CCC1(C(=O)OCC)CCNCC1.Cl. The second kappa shape index (κ2) is 6.85. The summed E-state index contributed by atoms with van der Waals surface area (Å²) in [6.07, 6.45) is 4.27. The number of carbonyl (C=O) groups excluding carboxylic acids is 1. The molecule has 0 aliphatic carbocycles. The second-order valence-corrected chi connectivity index (χ2v) is 3.74. The van der Waals surface area contributed by atoms with Gasteiger partial charge in [0.25, 0.3) is 0 Å². The minimum atomic E-state index is -0.303. The Morgan fingerprint density at radius 3 is 2.60 bits per heavy atom. The molecule has 0 aromatic carbocycles. The van der Waals surface area contributed by atoms with E-state index in [0.717, 1.165) is 32.4 Å². The van der Waals surface area contributed by atoms with Gasteiger partial charge in [-0.2, -0.15) is 0 Å². The molecule has 1 fully saturated rings. The van der Waals surface area contributed by atoms with Crippen LogP contribution < -0.4 is 5.32 Å². The lowest BCUT2D eigenvalue weighted by Crippen LogP contribution is -2.42. The lowest BCUT2D eigenvalue weighted by atomic mass is 9.76. The molecule has 0 aromatic heterocycles. The van der Waals surface area contributed by atoms with Crippen molar-refractivity contribution in [2.75, 3.05) is 19.7 Å². The maximum absolute atomic E-state index is 11.8. The summed E-state index contributed by atoms with van der Waals surface area (Å²) < 4.78 is 5.12. The molecule has 0 saturated carbocycles. The zero-order valence-corrected chi connectivity index (χ0v) is 10.1. The average molecular weight is 234 g/mol. The summed E-state index contributed by atoms with van der Waals surface area (Å²) >= 11 is 0. The van der Waals surface area contributed by atoms with Crippen molar-refractivity contribution in [2.45, 2.75) is 26.2 Å². The van der Waals surface area contributed by atoms with E-state index in [-0.39, 0.29) is 23.8 Å². The molecule has 88 valence electrons. The van der Waals surface area contributed by atoms with Crippen molar-refractivity contribution in [2.24, 2.45) is 5.41 Å². The highest BCUT2D eigenvalue weighted by molar-refractivity contribution is 5.85. The van der Waals surface area contributed by atoms with E-state index in [1.165, 1.54) is 0 Å². The Labute approximate surface area is 97.7 Å². The topological polar surface area (TPSA) is 38.3 Å². The Morgan fingerprint density at radius 2 is 2.13 bits per heavy atom. The number of piperidine rings is 1. The zero-order valence-electron chi connectivity index (χ0n) is 9.25. The molecule has 0 amide bonds. The zero-order chi connectivity index (χ0) is 10.4. The Kier molecular flexibility index (Phi) is 6.61. The van der Waals surface area contributed by atoms with Gasteiger partial charge in [-0.1, -0.05) is 6.08 Å². The van der Waals surface area contributed by atoms with E-state index < -0.39 is 0 Å². The number of carbonyl (C=O) groups is 1. The lowest BCUT2D eigenvalue weighted by molar-refractivity contribution is -0.157. The first-order chi connectivity index (χ1) is 6.75. The van der Waals surface area contributed by atoms with Crippen LogP contribution in [0.4, 0.5) is 0 Å². The Bertz CT molecular complexity index is 213. The number of hydrogen-bond donors (Lipinski definition) is 1. The maximum atomic E-state index is 11.8. The van der Waals surface area contributed by atoms with Crippen LogP contribution in [0, 0.1) is 5.41 Å². The van der Waals surface area contributed by atoms with E-state index >= 15 is 0 Å². The minimum Gasteiger partial charge on any atom is -0.466 e. The number of ether oxygens (including phenoxy) is 1. The van der Waals surface area contributed by atoms with Gasteiger partial charge in [-0.25, -0.2) is 0 Å². The fraction of sp³-hybridized carbons (Fsp3) is 0.727. The van der Waals surface area contributed by atoms with E-state index in [1.807, 2.05) is 13.0 Å². The summed E-state index contributed by atoms with van der Waals surface area (Å²) in [4.78, 5) is 11.8. The molecule has 1 aliphatic rings. The van der Waals surface area contributed by atoms with Gasteiger partial charge in [-0.15, -0.1) is 19.0 Å². The Hall–Kier alpha value is -0.540. The lowest BCUT2D eigenvalue weighted by Gasteiger charge is -2.34. The van der Waals surface area contributed by atoms with Crippen LogP contribution in [0.2, 0.25) is 0 Å². The van der Waals surface area contributed by atoms with Crippen molar-refractivity contribution in [3.63, 3.8) is 0 Å². The number of rotatable bonds is 4. The van der Waals surface area contributed by atoms with Crippen molar-refractivity contribution in [3.05, 3.63) is 12.7 Å². The first-order valence-corrected chi connectivity index (χ1v) is 5.24. The van der Waals surface area contributed by atoms with Gasteiger partial charge in [0.2, 0.25) is 0 Å². The van der Waals surface area contributed by atoms with E-state index in [0.29, 0.717) is 6.61 Å². The van der Waals surface area contributed by atoms with Gasteiger partial charge < -0.3 is 10.1 Å². The molecule has 15 heavy (non-hydrogen) atoms. The third kappa shape index (κ3) is 3.50. The van der Waals surface area contributed by atoms with Crippen molar-refractivity contribution in [1.82, 2.24) is 5.32 Å². The molecule has 0 atom stereocenters. The van der Waals surface area contributed by atoms with Crippen LogP contribution in [0.15, 0.2) is 12.7 Å². The summed E-state index contributed by atoms with van der Waals surface area (Å²) in [5, 5.41) is 3.25. The fourth-order valence-corrected chi connectivity index (χ4v) is 1.96. The van der Waals surface area contributed by atoms with E-state index in [4.69, 9.17) is 4.74 Å². The van der Waals surface area contributed by atoms with Crippen LogP contribution >= 0.6 is 12.4 Å². The summed E-state index contributed by atoms with van der Waals surface area (Å²) in [5.41, 5.74) is -0.303. The number of allylic oxidation sites excluding steroid dienone is 1. The molecule has 4 heteroatoms. The molecule has 1 rings (SSSR count). The van der Waals surface area contributed by atoms with E-state index in [1.54, 1.807) is 0 Å². The molecule has 0 aromatic rings. The second-order valence-electron chi connectivity index (χ2n) is 3.74. The normalized spacial score (nSPS) is 18.7. The first-order valence-electron chi connectivity index (χ1n) is 5.24.